The molecular formula is C23H29ClN2O2. The molecular weight excluding hydrogens is 372 g/mol. The van der Waals surface area contributed by atoms with Crippen molar-refractivity contribution in [2.24, 2.45) is 5.92 Å². The van der Waals surface area contributed by atoms with Crippen molar-refractivity contribution in [3.8, 4) is 0 Å². The van der Waals surface area contributed by atoms with E-state index in [4.69, 9.17) is 16.7 Å². The summed E-state index contributed by atoms with van der Waals surface area (Å²) < 4.78 is 0. The number of halogens is 1. The first-order valence-electron chi connectivity index (χ1n) is 9.86. The molecule has 0 bridgehead atoms. The van der Waals surface area contributed by atoms with E-state index < -0.39 is 5.97 Å². The second-order valence-electron chi connectivity index (χ2n) is 7.94. The number of hydrogen-bond acceptors (Lipinski definition) is 3. The van der Waals surface area contributed by atoms with Gasteiger partial charge >= 0.3 is 5.97 Å². The number of benzene rings is 2. The molecule has 0 spiro atoms. The van der Waals surface area contributed by atoms with E-state index in [0.29, 0.717) is 13.1 Å². The van der Waals surface area contributed by atoms with E-state index in [1.165, 1.54) is 16.7 Å². The normalized spacial score (nSPS) is 15.9. The summed E-state index contributed by atoms with van der Waals surface area (Å²) in [6.45, 7) is 10.4. The van der Waals surface area contributed by atoms with E-state index in [9.17, 15) is 4.79 Å². The van der Waals surface area contributed by atoms with Crippen LogP contribution < -0.4 is 5.32 Å². The first-order valence-corrected chi connectivity index (χ1v) is 10.2. The Kier molecular flexibility index (Phi) is 6.31. The lowest BCUT2D eigenvalue weighted by Crippen LogP contribution is -2.49. The van der Waals surface area contributed by atoms with Gasteiger partial charge in [0.15, 0.2) is 0 Å². The van der Waals surface area contributed by atoms with Crippen LogP contribution in [0.3, 0.4) is 0 Å². The van der Waals surface area contributed by atoms with Crippen molar-refractivity contribution < 1.29 is 9.90 Å². The Balaban J connectivity index is 1.74. The number of likely N-dealkylation sites (tertiary alicyclic amines) is 1. The number of carboxylic acids is 1. The van der Waals surface area contributed by atoms with Gasteiger partial charge in [-0.05, 0) is 67.1 Å². The van der Waals surface area contributed by atoms with Gasteiger partial charge in [-0.1, -0.05) is 36.7 Å². The van der Waals surface area contributed by atoms with Gasteiger partial charge in [-0.2, -0.15) is 0 Å². The van der Waals surface area contributed by atoms with Gasteiger partial charge in [0.1, 0.15) is 0 Å². The van der Waals surface area contributed by atoms with Crippen LogP contribution in [0.1, 0.15) is 47.2 Å². The summed E-state index contributed by atoms with van der Waals surface area (Å²) in [7, 11) is 0. The molecule has 5 heteroatoms. The maximum Gasteiger partial charge on any atom is 0.309 e. The van der Waals surface area contributed by atoms with E-state index in [0.717, 1.165) is 34.8 Å². The molecule has 0 saturated carbocycles. The Bertz CT molecular complexity index is 852. The average molecular weight is 401 g/mol. The molecule has 1 heterocycles. The second kappa shape index (κ2) is 8.54. The van der Waals surface area contributed by atoms with Crippen LogP contribution in [-0.4, -0.2) is 29.1 Å². The minimum absolute atomic E-state index is 0.214. The Morgan fingerprint density at radius 3 is 2.39 bits per heavy atom. The SMILES string of the molecule is CC[C@@H](Nc1ccc(C)c(CN2CC(C(=O)O)C2)c1)c1cc(C)c(Cl)c(C)c1. The topological polar surface area (TPSA) is 52.6 Å². The van der Waals surface area contributed by atoms with E-state index in [-0.39, 0.29) is 12.0 Å². The Morgan fingerprint density at radius 1 is 1.18 bits per heavy atom. The minimum atomic E-state index is -0.692. The molecule has 2 N–H and O–H groups in total. The first kappa shape index (κ1) is 20.7. The second-order valence-corrected chi connectivity index (χ2v) is 8.32. The quantitative estimate of drug-likeness (QED) is 0.658. The zero-order valence-corrected chi connectivity index (χ0v) is 17.8. The van der Waals surface area contributed by atoms with Crippen molar-refractivity contribution in [1.29, 1.82) is 0 Å². The van der Waals surface area contributed by atoms with Gasteiger partial charge in [0, 0.05) is 30.3 Å². The molecule has 1 saturated heterocycles. The lowest BCUT2D eigenvalue weighted by atomic mass is 9.97. The van der Waals surface area contributed by atoms with Crippen molar-refractivity contribution in [2.75, 3.05) is 18.4 Å². The highest BCUT2D eigenvalue weighted by molar-refractivity contribution is 6.32. The molecule has 4 nitrogen and oxygen atoms in total. The number of nitrogens with one attached hydrogen (secondary N) is 1. The standard InChI is InChI=1S/C23H29ClN2O2/c1-5-21(17-8-15(3)22(24)16(4)9-17)25-20-7-6-14(2)18(10-20)11-26-12-19(13-26)23(27)28/h6-10,19,21,25H,5,11-13H2,1-4H3,(H,27,28)/t21-/m1/s1. The minimum Gasteiger partial charge on any atom is -0.481 e. The highest BCUT2D eigenvalue weighted by atomic mass is 35.5. The summed E-state index contributed by atoms with van der Waals surface area (Å²) in [5, 5.41) is 13.6. The number of aryl methyl sites for hydroxylation is 3. The molecule has 0 aromatic heterocycles. The number of carboxylic acid groups (broad SMARTS) is 1. The first-order chi connectivity index (χ1) is 13.3. The van der Waals surface area contributed by atoms with E-state index in [1.54, 1.807) is 0 Å². The number of carbonyl (C=O) groups is 1. The van der Waals surface area contributed by atoms with Gasteiger partial charge in [-0.15, -0.1) is 0 Å². The molecule has 28 heavy (non-hydrogen) atoms. The smallest absolute Gasteiger partial charge is 0.309 e. The van der Waals surface area contributed by atoms with Gasteiger partial charge in [-0.3, -0.25) is 9.69 Å². The fourth-order valence-electron chi connectivity index (χ4n) is 3.83. The lowest BCUT2D eigenvalue weighted by Gasteiger charge is -2.37. The number of aliphatic carboxylic acids is 1. The molecule has 1 atom stereocenters. The Morgan fingerprint density at radius 2 is 1.82 bits per heavy atom. The number of rotatable bonds is 7. The monoisotopic (exact) mass is 400 g/mol. The fraction of sp³-hybridized carbons (Fsp3) is 0.435. The number of nitrogens with zero attached hydrogens (tertiary/aromatic N) is 1. The van der Waals surface area contributed by atoms with Crippen LogP contribution in [-0.2, 0) is 11.3 Å². The van der Waals surface area contributed by atoms with E-state index in [1.807, 2.05) is 13.8 Å². The highest BCUT2D eigenvalue weighted by Crippen LogP contribution is 2.30. The Hall–Kier alpha value is -2.04. The summed E-state index contributed by atoms with van der Waals surface area (Å²) >= 11 is 6.33. The molecule has 0 amide bonds. The number of anilines is 1. The molecule has 2 aromatic carbocycles. The van der Waals surface area contributed by atoms with Crippen LogP contribution in [0.2, 0.25) is 5.02 Å². The number of hydrogen-bond donors (Lipinski definition) is 2. The van der Waals surface area contributed by atoms with Crippen LogP contribution in [0.15, 0.2) is 30.3 Å². The molecule has 1 aliphatic rings. The van der Waals surface area contributed by atoms with E-state index >= 15 is 0 Å². The molecule has 3 rings (SSSR count). The average Bonchev–Trinajstić information content (AvgIpc) is 2.61. The summed E-state index contributed by atoms with van der Waals surface area (Å²) in [5.41, 5.74) is 7.02. The fourth-order valence-corrected chi connectivity index (χ4v) is 3.94. The third-order valence-corrected chi connectivity index (χ3v) is 6.26. The summed E-state index contributed by atoms with van der Waals surface area (Å²) in [6.07, 6.45) is 0.968. The largest absolute Gasteiger partial charge is 0.481 e. The molecule has 0 radical (unpaired) electrons. The summed E-state index contributed by atoms with van der Waals surface area (Å²) in [6, 6.07) is 11.0. The van der Waals surface area contributed by atoms with Crippen molar-refractivity contribution >= 4 is 23.3 Å². The van der Waals surface area contributed by atoms with Crippen molar-refractivity contribution in [2.45, 2.75) is 46.7 Å². The lowest BCUT2D eigenvalue weighted by molar-refractivity contribution is -0.147. The van der Waals surface area contributed by atoms with E-state index in [2.05, 4.69) is 54.4 Å². The van der Waals surface area contributed by atoms with Gasteiger partial charge in [0.05, 0.1) is 12.0 Å². The van der Waals surface area contributed by atoms with Crippen LogP contribution in [0.5, 0.6) is 0 Å². The Labute approximate surface area is 172 Å². The van der Waals surface area contributed by atoms with Crippen molar-refractivity contribution in [3.63, 3.8) is 0 Å². The molecule has 0 aliphatic carbocycles. The zero-order chi connectivity index (χ0) is 20.4. The van der Waals surface area contributed by atoms with Crippen molar-refractivity contribution in [3.05, 3.63) is 63.2 Å². The van der Waals surface area contributed by atoms with Crippen LogP contribution >= 0.6 is 11.6 Å². The maximum atomic E-state index is 11.0. The highest BCUT2D eigenvalue weighted by Gasteiger charge is 2.32. The molecule has 1 fully saturated rings. The maximum absolute atomic E-state index is 11.0. The predicted molar refractivity (Wildman–Crippen MR) is 115 cm³/mol. The third kappa shape index (κ3) is 4.50. The van der Waals surface area contributed by atoms with Gasteiger partial charge in [0.25, 0.3) is 0 Å². The van der Waals surface area contributed by atoms with Crippen LogP contribution in [0, 0.1) is 26.7 Å². The predicted octanol–water partition coefficient (Wildman–Crippen LogP) is 5.34. The molecule has 150 valence electrons. The van der Waals surface area contributed by atoms with Gasteiger partial charge < -0.3 is 10.4 Å². The molecule has 1 aliphatic heterocycles. The summed E-state index contributed by atoms with van der Waals surface area (Å²) in [4.78, 5) is 13.2. The van der Waals surface area contributed by atoms with Crippen LogP contribution in [0.25, 0.3) is 0 Å². The van der Waals surface area contributed by atoms with Gasteiger partial charge in [-0.25, -0.2) is 0 Å². The van der Waals surface area contributed by atoms with Crippen LogP contribution in [0.4, 0.5) is 5.69 Å². The molecule has 2 aromatic rings. The van der Waals surface area contributed by atoms with Crippen molar-refractivity contribution in [1.82, 2.24) is 4.90 Å². The molecule has 0 unspecified atom stereocenters. The zero-order valence-electron chi connectivity index (χ0n) is 17.1. The summed E-state index contributed by atoms with van der Waals surface area (Å²) in [5.74, 6) is -0.912. The van der Waals surface area contributed by atoms with Gasteiger partial charge in [0.2, 0.25) is 0 Å². The third-order valence-electron chi connectivity index (χ3n) is 5.66.